The first-order valence-electron chi connectivity index (χ1n) is 8.81. The molecule has 140 valence electrons. The van der Waals surface area contributed by atoms with Crippen molar-refractivity contribution in [2.75, 3.05) is 12.4 Å². The number of pyridine rings is 3. The number of nitrogens with zero attached hydrogens (tertiary/aromatic N) is 5. The molecule has 4 aromatic rings. The van der Waals surface area contributed by atoms with Crippen LogP contribution in [0.15, 0.2) is 36.8 Å². The predicted molar refractivity (Wildman–Crippen MR) is 101 cm³/mol. The van der Waals surface area contributed by atoms with Crippen LogP contribution in [0.5, 0.6) is 0 Å². The van der Waals surface area contributed by atoms with Gasteiger partial charge in [0.25, 0.3) is 0 Å². The van der Waals surface area contributed by atoms with Crippen molar-refractivity contribution in [3.8, 4) is 11.4 Å². The zero-order valence-corrected chi connectivity index (χ0v) is 15.0. The number of hydrogen-bond donors (Lipinski definition) is 2. The highest BCUT2D eigenvalue weighted by molar-refractivity contribution is 6.01. The minimum atomic E-state index is -0.704. The molecule has 1 fully saturated rings. The summed E-state index contributed by atoms with van der Waals surface area (Å²) in [6, 6.07) is 4.49. The van der Waals surface area contributed by atoms with E-state index in [2.05, 4.69) is 25.4 Å². The van der Waals surface area contributed by atoms with Crippen molar-refractivity contribution in [3.05, 3.63) is 48.3 Å². The van der Waals surface area contributed by atoms with Crippen LogP contribution in [0.4, 0.5) is 10.2 Å². The van der Waals surface area contributed by atoms with E-state index in [1.54, 1.807) is 19.4 Å². The van der Waals surface area contributed by atoms with Gasteiger partial charge in [0.15, 0.2) is 11.5 Å². The SMILES string of the molecule is CNc1ncc(-c2nc3cc(F)ccn3n2)c2cc(C3(C(N)=O)CC3)ncc12. The molecule has 0 atom stereocenters. The highest BCUT2D eigenvalue weighted by Gasteiger charge is 2.51. The van der Waals surface area contributed by atoms with Gasteiger partial charge in [0, 0.05) is 48.0 Å². The van der Waals surface area contributed by atoms with Gasteiger partial charge in [0.05, 0.1) is 11.1 Å². The summed E-state index contributed by atoms with van der Waals surface area (Å²) >= 11 is 0. The quantitative estimate of drug-likeness (QED) is 0.563. The lowest BCUT2D eigenvalue weighted by molar-refractivity contribution is -0.120. The van der Waals surface area contributed by atoms with E-state index in [9.17, 15) is 9.18 Å². The van der Waals surface area contributed by atoms with Crippen molar-refractivity contribution in [3.63, 3.8) is 0 Å². The van der Waals surface area contributed by atoms with Crippen LogP contribution in [0, 0.1) is 5.82 Å². The first-order chi connectivity index (χ1) is 13.5. The summed E-state index contributed by atoms with van der Waals surface area (Å²) in [6.45, 7) is 0. The molecular weight excluding hydrogens is 361 g/mol. The maximum atomic E-state index is 13.5. The second kappa shape index (κ2) is 5.69. The molecule has 4 heterocycles. The van der Waals surface area contributed by atoms with Gasteiger partial charge in [-0.2, -0.15) is 0 Å². The van der Waals surface area contributed by atoms with Crippen molar-refractivity contribution in [1.29, 1.82) is 0 Å². The Balaban J connectivity index is 1.76. The number of nitrogens with two attached hydrogens (primary N) is 1. The number of halogens is 1. The topological polar surface area (TPSA) is 111 Å². The summed E-state index contributed by atoms with van der Waals surface area (Å²) in [6.07, 6.45) is 6.23. The Labute approximate surface area is 158 Å². The Hall–Kier alpha value is -3.62. The van der Waals surface area contributed by atoms with E-state index in [1.165, 1.54) is 22.8 Å². The van der Waals surface area contributed by atoms with E-state index in [-0.39, 0.29) is 11.7 Å². The second-order valence-electron chi connectivity index (χ2n) is 6.92. The number of hydrogen-bond acceptors (Lipinski definition) is 6. The van der Waals surface area contributed by atoms with Crippen LogP contribution in [-0.2, 0) is 10.2 Å². The molecule has 0 unspecified atom stereocenters. The Kier molecular flexibility index (Phi) is 3.36. The van der Waals surface area contributed by atoms with Gasteiger partial charge < -0.3 is 11.1 Å². The molecule has 0 aliphatic heterocycles. The molecule has 0 aromatic carbocycles. The van der Waals surface area contributed by atoms with Crippen molar-refractivity contribution >= 4 is 28.1 Å². The van der Waals surface area contributed by atoms with Gasteiger partial charge in [-0.3, -0.25) is 9.78 Å². The lowest BCUT2D eigenvalue weighted by Gasteiger charge is -2.13. The van der Waals surface area contributed by atoms with Crippen molar-refractivity contribution in [2.45, 2.75) is 18.3 Å². The number of nitrogens with one attached hydrogen (secondary N) is 1. The third-order valence-electron chi connectivity index (χ3n) is 5.26. The molecule has 0 saturated heterocycles. The molecule has 0 spiro atoms. The monoisotopic (exact) mass is 377 g/mol. The van der Waals surface area contributed by atoms with Gasteiger partial charge >= 0.3 is 0 Å². The lowest BCUT2D eigenvalue weighted by Crippen LogP contribution is -2.29. The van der Waals surface area contributed by atoms with Crippen molar-refractivity contribution in [1.82, 2.24) is 24.6 Å². The molecule has 0 radical (unpaired) electrons. The summed E-state index contributed by atoms with van der Waals surface area (Å²) in [5.74, 6) is 0.303. The van der Waals surface area contributed by atoms with Gasteiger partial charge in [-0.05, 0) is 25.0 Å². The molecule has 1 aliphatic rings. The molecule has 9 heteroatoms. The van der Waals surface area contributed by atoms with E-state index in [0.29, 0.717) is 41.4 Å². The van der Waals surface area contributed by atoms with Crippen LogP contribution in [0.25, 0.3) is 27.8 Å². The van der Waals surface area contributed by atoms with Crippen LogP contribution in [0.1, 0.15) is 18.5 Å². The molecule has 5 rings (SSSR count). The van der Waals surface area contributed by atoms with E-state index in [0.717, 1.165) is 10.8 Å². The summed E-state index contributed by atoms with van der Waals surface area (Å²) in [5.41, 5.74) is 6.61. The average Bonchev–Trinajstić information content (AvgIpc) is 3.41. The molecule has 1 saturated carbocycles. The Morgan fingerprint density at radius 3 is 2.79 bits per heavy atom. The van der Waals surface area contributed by atoms with E-state index >= 15 is 0 Å². The fourth-order valence-corrected chi connectivity index (χ4v) is 3.50. The van der Waals surface area contributed by atoms with Crippen LogP contribution in [0.2, 0.25) is 0 Å². The minimum absolute atomic E-state index is 0.370. The smallest absolute Gasteiger partial charge is 0.229 e. The summed E-state index contributed by atoms with van der Waals surface area (Å²) in [4.78, 5) is 25.3. The summed E-state index contributed by atoms with van der Waals surface area (Å²) in [7, 11) is 1.77. The number of carbonyl (C=O) groups excluding carboxylic acids is 1. The van der Waals surface area contributed by atoms with E-state index < -0.39 is 5.41 Å². The van der Waals surface area contributed by atoms with Gasteiger partial charge in [-0.25, -0.2) is 18.9 Å². The fraction of sp³-hybridized carbons (Fsp3) is 0.211. The molecule has 8 nitrogen and oxygen atoms in total. The molecule has 28 heavy (non-hydrogen) atoms. The number of aromatic nitrogens is 5. The zero-order valence-electron chi connectivity index (χ0n) is 15.0. The number of anilines is 1. The number of fused-ring (bicyclic) bond motifs is 2. The molecule has 1 amide bonds. The average molecular weight is 377 g/mol. The Morgan fingerprint density at radius 1 is 1.25 bits per heavy atom. The minimum Gasteiger partial charge on any atom is -0.373 e. The summed E-state index contributed by atoms with van der Waals surface area (Å²) < 4.78 is 15.0. The maximum absolute atomic E-state index is 13.5. The third kappa shape index (κ3) is 2.32. The second-order valence-corrected chi connectivity index (χ2v) is 6.92. The van der Waals surface area contributed by atoms with E-state index in [1.807, 2.05) is 6.07 Å². The van der Waals surface area contributed by atoms with Gasteiger partial charge in [0.1, 0.15) is 11.6 Å². The van der Waals surface area contributed by atoms with Crippen molar-refractivity contribution < 1.29 is 9.18 Å². The Bertz CT molecular complexity index is 1260. The van der Waals surface area contributed by atoms with Crippen LogP contribution in [0.3, 0.4) is 0 Å². The van der Waals surface area contributed by atoms with Gasteiger partial charge in [-0.1, -0.05) is 0 Å². The number of amides is 1. The number of rotatable bonds is 4. The largest absolute Gasteiger partial charge is 0.373 e. The standard InChI is InChI=1S/C19H16FN7O/c1-22-16-12-8-23-14(19(3-4-19)18(21)28)7-11(12)13(9-24-16)17-25-15-6-10(20)2-5-27(15)26-17/h2,5-9H,3-4H2,1H3,(H2,21,28)(H,22,24). The van der Waals surface area contributed by atoms with E-state index in [4.69, 9.17) is 5.73 Å². The number of primary amides is 1. The van der Waals surface area contributed by atoms with Crippen LogP contribution < -0.4 is 11.1 Å². The van der Waals surface area contributed by atoms with Gasteiger partial charge in [-0.15, -0.1) is 5.10 Å². The summed E-state index contributed by atoms with van der Waals surface area (Å²) in [5, 5.41) is 9.05. The first-order valence-corrected chi connectivity index (χ1v) is 8.81. The highest BCUT2D eigenvalue weighted by Crippen LogP contribution is 2.48. The van der Waals surface area contributed by atoms with Crippen molar-refractivity contribution in [2.24, 2.45) is 5.73 Å². The molecule has 3 N–H and O–H groups in total. The third-order valence-corrected chi connectivity index (χ3v) is 5.26. The zero-order chi connectivity index (χ0) is 19.5. The highest BCUT2D eigenvalue weighted by atomic mass is 19.1. The molecular formula is C19H16FN7O. The lowest BCUT2D eigenvalue weighted by atomic mass is 9.97. The van der Waals surface area contributed by atoms with Gasteiger partial charge in [0.2, 0.25) is 5.91 Å². The maximum Gasteiger partial charge on any atom is 0.229 e. The van der Waals surface area contributed by atoms with Crippen LogP contribution in [-0.4, -0.2) is 37.5 Å². The molecule has 0 bridgehead atoms. The number of carbonyl (C=O) groups is 1. The van der Waals surface area contributed by atoms with Crippen LogP contribution >= 0.6 is 0 Å². The fourth-order valence-electron chi connectivity index (χ4n) is 3.50. The first kappa shape index (κ1) is 16.5. The predicted octanol–water partition coefficient (Wildman–Crippen LogP) is 2.04. The molecule has 4 aromatic heterocycles. The normalized spacial score (nSPS) is 15.1. The Morgan fingerprint density at radius 2 is 2.07 bits per heavy atom. The molecule has 1 aliphatic carbocycles.